The smallest absolute Gasteiger partial charge is 0.115 e. The Hall–Kier alpha value is -1.00. The van der Waals surface area contributed by atoms with E-state index in [-0.39, 0.29) is 5.54 Å². The second-order valence-electron chi connectivity index (χ2n) is 5.25. The zero-order valence-corrected chi connectivity index (χ0v) is 11.0. The van der Waals surface area contributed by atoms with Crippen LogP contribution >= 0.6 is 0 Å². The molecule has 0 bridgehead atoms. The quantitative estimate of drug-likeness (QED) is 0.859. The average molecular weight is 234 g/mol. The Morgan fingerprint density at radius 2 is 2.41 bits per heavy atom. The van der Waals surface area contributed by atoms with Crippen molar-refractivity contribution in [3.05, 3.63) is 24.3 Å². The van der Waals surface area contributed by atoms with Crippen molar-refractivity contribution < 1.29 is 0 Å². The van der Waals surface area contributed by atoms with Gasteiger partial charge in [0.05, 0.1) is 5.69 Å². The molecule has 1 aliphatic heterocycles. The number of hydrogen-bond donors (Lipinski definition) is 1. The summed E-state index contributed by atoms with van der Waals surface area (Å²) < 4.78 is 0. The fraction of sp³-hybridized carbons (Fsp3) is 0.692. The molecule has 2 heterocycles. The lowest BCUT2D eigenvalue weighted by atomic mass is 9.94. The van der Waals surface area contributed by atoms with Crippen LogP contribution in [0.3, 0.4) is 0 Å². The van der Waals surface area contributed by atoms with Crippen LogP contribution in [0, 0.1) is 0 Å². The normalized spacial score (nSPS) is 30.4. The highest BCUT2D eigenvalue weighted by Crippen LogP contribution is 2.20. The van der Waals surface area contributed by atoms with Gasteiger partial charge >= 0.3 is 0 Å². The highest BCUT2D eigenvalue weighted by atomic mass is 15.2. The monoisotopic (exact) mass is 234 g/mol. The Labute approximate surface area is 103 Å². The van der Waals surface area contributed by atoms with Gasteiger partial charge in [0.15, 0.2) is 0 Å². The van der Waals surface area contributed by atoms with Crippen LogP contribution in [-0.4, -0.2) is 39.5 Å². The molecule has 1 saturated heterocycles. The van der Waals surface area contributed by atoms with Crippen molar-refractivity contribution in [2.45, 2.75) is 45.3 Å². The Balaban J connectivity index is 2.04. The Morgan fingerprint density at radius 3 is 3.06 bits per heavy atom. The maximum Gasteiger partial charge on any atom is 0.115 e. The van der Waals surface area contributed by atoms with E-state index in [4.69, 9.17) is 0 Å². The molecule has 0 saturated carbocycles. The largest absolute Gasteiger partial charge is 0.309 e. The van der Waals surface area contributed by atoms with Crippen LogP contribution in [-0.2, 0) is 6.54 Å². The number of nitrogens with zero attached hydrogens (tertiary/aromatic N) is 3. The van der Waals surface area contributed by atoms with E-state index in [1.165, 1.54) is 0 Å². The third kappa shape index (κ3) is 3.01. The summed E-state index contributed by atoms with van der Waals surface area (Å²) in [6.45, 7) is 9.85. The second-order valence-corrected chi connectivity index (χ2v) is 5.25. The molecule has 2 atom stereocenters. The number of piperazine rings is 1. The number of hydrogen-bond acceptors (Lipinski definition) is 4. The number of rotatable bonds is 3. The van der Waals surface area contributed by atoms with Crippen molar-refractivity contribution in [1.29, 1.82) is 0 Å². The Kier molecular flexibility index (Phi) is 3.74. The first kappa shape index (κ1) is 12.5. The highest BCUT2D eigenvalue weighted by Gasteiger charge is 2.32. The maximum absolute atomic E-state index is 4.31. The minimum absolute atomic E-state index is 0.236. The Morgan fingerprint density at radius 1 is 1.59 bits per heavy atom. The van der Waals surface area contributed by atoms with Gasteiger partial charge in [-0.25, -0.2) is 9.97 Å². The van der Waals surface area contributed by atoms with E-state index in [2.05, 4.69) is 41.0 Å². The zero-order valence-electron chi connectivity index (χ0n) is 11.0. The molecule has 1 N–H and O–H groups in total. The first-order valence-corrected chi connectivity index (χ1v) is 6.37. The molecular formula is C13H22N4. The molecule has 94 valence electrons. The molecule has 0 spiro atoms. The molecule has 4 heteroatoms. The van der Waals surface area contributed by atoms with E-state index in [0.717, 1.165) is 31.7 Å². The van der Waals surface area contributed by atoms with Crippen LogP contribution in [0.4, 0.5) is 0 Å². The van der Waals surface area contributed by atoms with Gasteiger partial charge in [-0.15, -0.1) is 0 Å². The summed E-state index contributed by atoms with van der Waals surface area (Å²) in [5.74, 6) is 0. The molecule has 4 nitrogen and oxygen atoms in total. The summed E-state index contributed by atoms with van der Waals surface area (Å²) in [6.07, 6.45) is 4.59. The van der Waals surface area contributed by atoms with Gasteiger partial charge < -0.3 is 5.32 Å². The summed E-state index contributed by atoms with van der Waals surface area (Å²) in [6, 6.07) is 2.56. The van der Waals surface area contributed by atoms with Gasteiger partial charge in [0.1, 0.15) is 6.33 Å². The number of aromatic nitrogens is 2. The van der Waals surface area contributed by atoms with Crippen molar-refractivity contribution in [1.82, 2.24) is 20.2 Å². The minimum Gasteiger partial charge on any atom is -0.309 e. The fourth-order valence-corrected chi connectivity index (χ4v) is 2.25. The lowest BCUT2D eigenvalue weighted by Crippen LogP contribution is -2.61. The summed E-state index contributed by atoms with van der Waals surface area (Å²) in [5, 5.41) is 3.64. The minimum atomic E-state index is 0.236. The third-order valence-electron chi connectivity index (χ3n) is 3.79. The predicted molar refractivity (Wildman–Crippen MR) is 68.6 cm³/mol. The van der Waals surface area contributed by atoms with Crippen LogP contribution in [0.5, 0.6) is 0 Å². The fourth-order valence-electron chi connectivity index (χ4n) is 2.25. The van der Waals surface area contributed by atoms with Crippen molar-refractivity contribution in [3.8, 4) is 0 Å². The van der Waals surface area contributed by atoms with Crippen LogP contribution in [0.1, 0.15) is 32.9 Å². The first-order valence-electron chi connectivity index (χ1n) is 6.37. The highest BCUT2D eigenvalue weighted by molar-refractivity contribution is 5.01. The molecule has 1 aromatic rings. The average Bonchev–Trinajstić information content (AvgIpc) is 2.35. The SMILES string of the molecule is CCC1(C)CN(Cc2ccncn2)C(C)CN1. The zero-order chi connectivity index (χ0) is 12.3. The van der Waals surface area contributed by atoms with Crippen molar-refractivity contribution in [2.75, 3.05) is 13.1 Å². The summed E-state index contributed by atoms with van der Waals surface area (Å²) in [7, 11) is 0. The Bertz CT molecular complexity index is 354. The van der Waals surface area contributed by atoms with Gasteiger partial charge in [-0.05, 0) is 26.3 Å². The molecule has 1 aromatic heterocycles. The third-order valence-corrected chi connectivity index (χ3v) is 3.79. The van der Waals surface area contributed by atoms with Gasteiger partial charge in [0.25, 0.3) is 0 Å². The molecule has 2 unspecified atom stereocenters. The van der Waals surface area contributed by atoms with E-state index in [0.29, 0.717) is 6.04 Å². The van der Waals surface area contributed by atoms with Crippen LogP contribution in [0.15, 0.2) is 18.6 Å². The molecule has 2 rings (SSSR count). The number of nitrogens with one attached hydrogen (secondary N) is 1. The molecule has 1 fully saturated rings. The van der Waals surface area contributed by atoms with Crippen LogP contribution < -0.4 is 5.32 Å². The maximum atomic E-state index is 4.31. The van der Waals surface area contributed by atoms with E-state index < -0.39 is 0 Å². The molecule has 0 aliphatic carbocycles. The van der Waals surface area contributed by atoms with Crippen LogP contribution in [0.25, 0.3) is 0 Å². The molecule has 0 amide bonds. The van der Waals surface area contributed by atoms with Crippen molar-refractivity contribution >= 4 is 0 Å². The van der Waals surface area contributed by atoms with Gasteiger partial charge in [-0.3, -0.25) is 4.90 Å². The summed E-state index contributed by atoms with van der Waals surface area (Å²) in [4.78, 5) is 10.8. The topological polar surface area (TPSA) is 41.1 Å². The van der Waals surface area contributed by atoms with E-state index in [1.54, 1.807) is 6.33 Å². The van der Waals surface area contributed by atoms with E-state index in [1.807, 2.05) is 12.3 Å². The standard InChI is InChI=1S/C13H22N4/c1-4-13(3)9-17(11(2)7-16-13)8-12-5-6-14-10-15-12/h5-6,10-11,16H,4,7-9H2,1-3H3. The lowest BCUT2D eigenvalue weighted by molar-refractivity contribution is 0.0854. The van der Waals surface area contributed by atoms with Gasteiger partial charge in [-0.1, -0.05) is 6.92 Å². The molecule has 1 aliphatic rings. The molecule has 0 aromatic carbocycles. The van der Waals surface area contributed by atoms with Crippen molar-refractivity contribution in [2.24, 2.45) is 0 Å². The summed E-state index contributed by atoms with van der Waals surface area (Å²) >= 11 is 0. The van der Waals surface area contributed by atoms with Crippen molar-refractivity contribution in [3.63, 3.8) is 0 Å². The lowest BCUT2D eigenvalue weighted by Gasteiger charge is -2.44. The molecule has 0 radical (unpaired) electrons. The van der Waals surface area contributed by atoms with E-state index >= 15 is 0 Å². The second kappa shape index (κ2) is 5.10. The molecule has 17 heavy (non-hydrogen) atoms. The van der Waals surface area contributed by atoms with Gasteiger partial charge in [0, 0.05) is 37.4 Å². The van der Waals surface area contributed by atoms with E-state index in [9.17, 15) is 0 Å². The molecular weight excluding hydrogens is 212 g/mol. The summed E-state index contributed by atoms with van der Waals surface area (Å²) in [5.41, 5.74) is 1.34. The first-order chi connectivity index (χ1) is 8.13. The predicted octanol–water partition coefficient (Wildman–Crippen LogP) is 1.44. The van der Waals surface area contributed by atoms with Gasteiger partial charge in [0.2, 0.25) is 0 Å². The van der Waals surface area contributed by atoms with Crippen LogP contribution in [0.2, 0.25) is 0 Å². The van der Waals surface area contributed by atoms with Gasteiger partial charge in [-0.2, -0.15) is 0 Å².